The molecule has 236 valence electrons. The molecule has 4 aromatic rings. The van der Waals surface area contributed by atoms with Gasteiger partial charge in [0.25, 0.3) is 0 Å². The van der Waals surface area contributed by atoms with Crippen LogP contribution >= 0.6 is 23.2 Å². The lowest BCUT2D eigenvalue weighted by molar-refractivity contribution is -0.129. The zero-order valence-electron chi connectivity index (χ0n) is 26.1. The summed E-state index contributed by atoms with van der Waals surface area (Å²) < 4.78 is 13.6. The first-order valence-corrected chi connectivity index (χ1v) is 19.5. The predicted octanol–water partition coefficient (Wildman–Crippen LogP) is 7.43. The molecule has 1 aliphatic heterocycles. The molecule has 5 rings (SSSR count). The standard InChI is InChI=1S/C33H38Cl2N6O3Si/c1-43-29-16-22(17-30(42)40-12-5-6-13-40)10-11-27(29)38-33-24(19-36)32-31(37-20-41(32)21-44-14-15-45(2,3)4)28(39-33)18-23-25(34)8-7-9-26(23)35/h7-11,16,20H,5-6,12-15,17-18,21H2,1-4H3,(H,38,39). The van der Waals surface area contributed by atoms with Crippen molar-refractivity contribution in [3.05, 3.63) is 75.2 Å². The van der Waals surface area contributed by atoms with Gasteiger partial charge < -0.3 is 24.3 Å². The molecular weight excluding hydrogens is 627 g/mol. The highest BCUT2D eigenvalue weighted by molar-refractivity contribution is 6.76. The van der Waals surface area contributed by atoms with Crippen LogP contribution in [0.4, 0.5) is 11.5 Å². The zero-order valence-corrected chi connectivity index (χ0v) is 28.6. The first-order chi connectivity index (χ1) is 21.6. The van der Waals surface area contributed by atoms with Crippen molar-refractivity contribution in [2.75, 3.05) is 32.1 Å². The number of aromatic nitrogens is 3. The summed E-state index contributed by atoms with van der Waals surface area (Å²) in [5.74, 6) is 0.981. The van der Waals surface area contributed by atoms with E-state index in [1.54, 1.807) is 31.6 Å². The average Bonchev–Trinajstić information content (AvgIpc) is 3.69. The molecule has 1 amide bonds. The van der Waals surface area contributed by atoms with Crippen LogP contribution in [-0.4, -0.2) is 60.2 Å². The number of methoxy groups -OCH3 is 1. The Hall–Kier alpha value is -3.62. The van der Waals surface area contributed by atoms with Gasteiger partial charge in [0.05, 0.1) is 36.8 Å². The second kappa shape index (κ2) is 14.2. The van der Waals surface area contributed by atoms with E-state index in [1.165, 1.54) is 0 Å². The van der Waals surface area contributed by atoms with Crippen molar-refractivity contribution in [2.45, 2.75) is 58.1 Å². The fourth-order valence-electron chi connectivity index (χ4n) is 5.37. The Bertz CT molecular complexity index is 1720. The highest BCUT2D eigenvalue weighted by Crippen LogP contribution is 2.35. The summed E-state index contributed by atoms with van der Waals surface area (Å²) in [6.07, 6.45) is 4.37. The van der Waals surface area contributed by atoms with E-state index in [0.717, 1.165) is 43.1 Å². The lowest BCUT2D eigenvalue weighted by Crippen LogP contribution is -2.29. The minimum atomic E-state index is -1.28. The van der Waals surface area contributed by atoms with E-state index < -0.39 is 8.07 Å². The van der Waals surface area contributed by atoms with Crippen molar-refractivity contribution < 1.29 is 14.3 Å². The van der Waals surface area contributed by atoms with Crippen LogP contribution in [0.1, 0.15) is 35.2 Å². The number of amides is 1. The van der Waals surface area contributed by atoms with Gasteiger partial charge in [0.15, 0.2) is 5.82 Å². The molecule has 1 saturated heterocycles. The van der Waals surface area contributed by atoms with Gasteiger partial charge in [0.1, 0.15) is 29.6 Å². The van der Waals surface area contributed by atoms with E-state index in [-0.39, 0.29) is 12.6 Å². The summed E-state index contributed by atoms with van der Waals surface area (Å²) in [5.41, 5.74) is 4.28. The Kier molecular flexibility index (Phi) is 10.3. The molecule has 3 heterocycles. The van der Waals surface area contributed by atoms with Gasteiger partial charge in [-0.2, -0.15) is 5.26 Å². The lowest BCUT2D eigenvalue weighted by atomic mass is 10.1. The normalized spacial score (nSPS) is 13.3. The number of pyridine rings is 1. The molecule has 0 radical (unpaired) electrons. The van der Waals surface area contributed by atoms with Gasteiger partial charge in [-0.1, -0.05) is 55.0 Å². The van der Waals surface area contributed by atoms with Gasteiger partial charge >= 0.3 is 0 Å². The average molecular weight is 666 g/mol. The summed E-state index contributed by atoms with van der Waals surface area (Å²) in [4.78, 5) is 24.2. The highest BCUT2D eigenvalue weighted by atomic mass is 35.5. The van der Waals surface area contributed by atoms with Crippen LogP contribution in [0.2, 0.25) is 35.7 Å². The molecule has 1 N–H and O–H groups in total. The molecule has 2 aromatic heterocycles. The smallest absolute Gasteiger partial charge is 0.226 e. The van der Waals surface area contributed by atoms with Gasteiger partial charge in [0, 0.05) is 44.2 Å². The van der Waals surface area contributed by atoms with E-state index in [1.807, 2.05) is 27.7 Å². The van der Waals surface area contributed by atoms with Crippen molar-refractivity contribution in [3.8, 4) is 11.8 Å². The molecule has 45 heavy (non-hydrogen) atoms. The number of likely N-dealkylation sites (tertiary alicyclic amines) is 1. The van der Waals surface area contributed by atoms with Crippen LogP contribution in [0.15, 0.2) is 42.7 Å². The molecule has 0 unspecified atom stereocenters. The number of benzene rings is 2. The summed E-state index contributed by atoms with van der Waals surface area (Å²) in [6, 6.07) is 14.3. The quantitative estimate of drug-likeness (QED) is 0.124. The van der Waals surface area contributed by atoms with Crippen LogP contribution in [0.25, 0.3) is 11.0 Å². The number of fused-ring (bicyclic) bond motifs is 1. The van der Waals surface area contributed by atoms with Gasteiger partial charge in [-0.15, -0.1) is 0 Å². The third-order valence-corrected chi connectivity index (χ3v) is 10.3. The fourth-order valence-corrected chi connectivity index (χ4v) is 6.66. The number of imidazole rings is 1. The van der Waals surface area contributed by atoms with Crippen LogP contribution in [0, 0.1) is 11.3 Å². The number of nitriles is 1. The minimum Gasteiger partial charge on any atom is -0.495 e. The highest BCUT2D eigenvalue weighted by Gasteiger charge is 2.23. The third-order valence-electron chi connectivity index (χ3n) is 7.91. The van der Waals surface area contributed by atoms with E-state index in [4.69, 9.17) is 37.7 Å². The van der Waals surface area contributed by atoms with Crippen LogP contribution in [0.3, 0.4) is 0 Å². The molecule has 9 nitrogen and oxygen atoms in total. The Labute approximate surface area is 275 Å². The molecule has 1 fully saturated rings. The number of carbonyl (C=O) groups excluding carboxylic acids is 1. The van der Waals surface area contributed by atoms with Crippen molar-refractivity contribution in [3.63, 3.8) is 0 Å². The molecule has 0 bridgehead atoms. The number of hydrogen-bond donors (Lipinski definition) is 1. The Balaban J connectivity index is 1.52. The minimum absolute atomic E-state index is 0.109. The van der Waals surface area contributed by atoms with E-state index in [2.05, 4.69) is 36.0 Å². The van der Waals surface area contributed by atoms with E-state index in [0.29, 0.717) is 69.0 Å². The van der Waals surface area contributed by atoms with E-state index >= 15 is 0 Å². The van der Waals surface area contributed by atoms with Crippen molar-refractivity contribution in [1.82, 2.24) is 19.4 Å². The summed E-state index contributed by atoms with van der Waals surface area (Å²) in [7, 11) is 0.300. The predicted molar refractivity (Wildman–Crippen MR) is 181 cm³/mol. The number of anilines is 2. The maximum atomic E-state index is 12.8. The summed E-state index contributed by atoms with van der Waals surface area (Å²) in [5, 5.41) is 14.8. The van der Waals surface area contributed by atoms with E-state index in [9.17, 15) is 10.1 Å². The Morgan fingerprint density at radius 2 is 1.87 bits per heavy atom. The van der Waals surface area contributed by atoms with Crippen LogP contribution in [-0.2, 0) is 29.1 Å². The number of carbonyl (C=O) groups is 1. The number of ether oxygens (including phenoxy) is 2. The largest absolute Gasteiger partial charge is 0.495 e. The van der Waals surface area contributed by atoms with Crippen LogP contribution in [0.5, 0.6) is 5.75 Å². The van der Waals surface area contributed by atoms with Gasteiger partial charge in [-0.05, 0) is 54.3 Å². The molecule has 0 aliphatic carbocycles. The summed E-state index contributed by atoms with van der Waals surface area (Å²) in [6.45, 7) is 9.40. The topological polar surface area (TPSA) is 105 Å². The number of halogens is 2. The summed E-state index contributed by atoms with van der Waals surface area (Å²) >= 11 is 13.1. The van der Waals surface area contributed by atoms with Gasteiger partial charge in [-0.25, -0.2) is 9.97 Å². The first-order valence-electron chi connectivity index (χ1n) is 15.1. The number of rotatable bonds is 12. The first kappa shape index (κ1) is 32.8. The molecule has 0 spiro atoms. The number of hydrogen-bond acceptors (Lipinski definition) is 7. The Morgan fingerprint density at radius 3 is 2.53 bits per heavy atom. The van der Waals surface area contributed by atoms with Crippen LogP contribution < -0.4 is 10.1 Å². The molecule has 0 saturated carbocycles. The third kappa shape index (κ3) is 7.79. The van der Waals surface area contributed by atoms with Gasteiger partial charge in [-0.3, -0.25) is 4.79 Å². The molecular formula is C33H38Cl2N6O3Si. The Morgan fingerprint density at radius 1 is 1.13 bits per heavy atom. The SMILES string of the molecule is COc1cc(CC(=O)N2CCCC2)ccc1Nc1nc(Cc2c(Cl)cccc2Cl)c2ncn(COCC[Si](C)(C)C)c2c1C#N. The lowest BCUT2D eigenvalue weighted by Gasteiger charge is -2.18. The molecule has 2 aromatic carbocycles. The number of nitrogens with zero attached hydrogens (tertiary/aromatic N) is 5. The van der Waals surface area contributed by atoms with Crippen molar-refractivity contribution >= 4 is 59.7 Å². The second-order valence-electron chi connectivity index (χ2n) is 12.5. The van der Waals surface area contributed by atoms with Crippen molar-refractivity contribution in [2.24, 2.45) is 0 Å². The van der Waals surface area contributed by atoms with Gasteiger partial charge in [0.2, 0.25) is 5.91 Å². The number of nitrogens with one attached hydrogen (secondary N) is 1. The maximum Gasteiger partial charge on any atom is 0.226 e. The molecule has 1 aliphatic rings. The second-order valence-corrected chi connectivity index (χ2v) is 18.9. The maximum absolute atomic E-state index is 12.8. The molecule has 12 heteroatoms. The van der Waals surface area contributed by atoms with Crippen molar-refractivity contribution in [1.29, 1.82) is 5.26 Å². The monoisotopic (exact) mass is 664 g/mol. The fraction of sp³-hybridized carbons (Fsp3) is 0.394. The zero-order chi connectivity index (χ0) is 32.1. The molecule has 0 atom stereocenters.